The van der Waals surface area contributed by atoms with E-state index in [4.69, 9.17) is 9.47 Å². The Balaban J connectivity index is 1.86. The zero-order valence-corrected chi connectivity index (χ0v) is 14.7. The smallest absolute Gasteiger partial charge is 0.338 e. The van der Waals surface area contributed by atoms with Gasteiger partial charge in [-0.05, 0) is 56.9 Å². The Labute approximate surface area is 143 Å². The Morgan fingerprint density at radius 1 is 1.21 bits per heavy atom. The van der Waals surface area contributed by atoms with Gasteiger partial charge in [0.25, 0.3) is 5.91 Å². The molecule has 1 N–H and O–H groups in total. The van der Waals surface area contributed by atoms with E-state index >= 15 is 0 Å². The predicted molar refractivity (Wildman–Crippen MR) is 92.1 cm³/mol. The molecule has 0 unspecified atom stereocenters. The van der Waals surface area contributed by atoms with Gasteiger partial charge in [-0.15, -0.1) is 0 Å². The van der Waals surface area contributed by atoms with E-state index in [-0.39, 0.29) is 11.9 Å². The van der Waals surface area contributed by atoms with Crippen molar-refractivity contribution < 1.29 is 19.1 Å². The summed E-state index contributed by atoms with van der Waals surface area (Å²) in [7, 11) is 0. The van der Waals surface area contributed by atoms with Gasteiger partial charge in [0.2, 0.25) is 0 Å². The largest absolute Gasteiger partial charge is 0.494 e. The van der Waals surface area contributed by atoms with Crippen LogP contribution in [0.25, 0.3) is 0 Å². The fourth-order valence-corrected chi connectivity index (χ4v) is 2.97. The predicted octanol–water partition coefficient (Wildman–Crippen LogP) is 3.33. The number of nitrogens with one attached hydrogen (secondary N) is 1. The molecule has 0 bridgehead atoms. The van der Waals surface area contributed by atoms with Crippen LogP contribution >= 0.6 is 0 Å². The minimum absolute atomic E-state index is 0.179. The molecule has 1 amide bonds. The van der Waals surface area contributed by atoms with Gasteiger partial charge in [-0.25, -0.2) is 4.79 Å². The van der Waals surface area contributed by atoms with E-state index in [2.05, 4.69) is 12.2 Å². The number of benzene rings is 1. The van der Waals surface area contributed by atoms with E-state index in [9.17, 15) is 9.59 Å². The Hall–Kier alpha value is -2.04. The van der Waals surface area contributed by atoms with E-state index in [0.29, 0.717) is 23.8 Å². The minimum atomic E-state index is -0.807. The van der Waals surface area contributed by atoms with Crippen LogP contribution in [0.2, 0.25) is 0 Å². The van der Waals surface area contributed by atoms with Crippen molar-refractivity contribution in [1.82, 2.24) is 5.32 Å². The third-order valence-corrected chi connectivity index (χ3v) is 4.49. The summed E-state index contributed by atoms with van der Waals surface area (Å²) < 4.78 is 10.6. The van der Waals surface area contributed by atoms with Crippen LogP contribution in [0.5, 0.6) is 5.75 Å². The van der Waals surface area contributed by atoms with Crippen molar-refractivity contribution in [2.45, 2.75) is 58.6 Å². The summed E-state index contributed by atoms with van der Waals surface area (Å²) in [5.74, 6) is 0.438. The molecular formula is C19H27NO4. The maximum atomic E-state index is 12.3. The second-order valence-electron chi connectivity index (χ2n) is 6.38. The van der Waals surface area contributed by atoms with Gasteiger partial charge < -0.3 is 14.8 Å². The molecule has 0 saturated heterocycles. The molecule has 0 radical (unpaired) electrons. The van der Waals surface area contributed by atoms with Gasteiger partial charge in [-0.2, -0.15) is 0 Å². The van der Waals surface area contributed by atoms with Crippen molar-refractivity contribution in [2.75, 3.05) is 6.61 Å². The normalized spacial score (nSPS) is 21.6. The average Bonchev–Trinajstić information content (AvgIpc) is 2.57. The average molecular weight is 333 g/mol. The topological polar surface area (TPSA) is 64.6 Å². The van der Waals surface area contributed by atoms with Crippen LogP contribution in [0.1, 0.15) is 56.8 Å². The lowest BCUT2D eigenvalue weighted by atomic mass is 9.86. The molecule has 1 aromatic carbocycles. The van der Waals surface area contributed by atoms with E-state index in [1.165, 1.54) is 6.42 Å². The van der Waals surface area contributed by atoms with Crippen molar-refractivity contribution in [3.05, 3.63) is 29.8 Å². The summed E-state index contributed by atoms with van der Waals surface area (Å²) >= 11 is 0. The van der Waals surface area contributed by atoms with Crippen LogP contribution in [0, 0.1) is 5.92 Å². The number of hydrogen-bond donors (Lipinski definition) is 1. The lowest BCUT2D eigenvalue weighted by Gasteiger charge is -2.30. The molecule has 1 aliphatic rings. The molecule has 0 aromatic heterocycles. The van der Waals surface area contributed by atoms with Crippen LogP contribution < -0.4 is 10.1 Å². The molecule has 5 nitrogen and oxygen atoms in total. The highest BCUT2D eigenvalue weighted by atomic mass is 16.5. The zero-order chi connectivity index (χ0) is 17.5. The lowest BCUT2D eigenvalue weighted by molar-refractivity contribution is -0.130. The number of hydrogen-bond acceptors (Lipinski definition) is 4. The fourth-order valence-electron chi connectivity index (χ4n) is 2.97. The summed E-state index contributed by atoms with van der Waals surface area (Å²) in [4.78, 5) is 24.4. The number of carbonyl (C=O) groups excluding carboxylic acids is 2. The monoisotopic (exact) mass is 333 g/mol. The number of esters is 1. The summed E-state index contributed by atoms with van der Waals surface area (Å²) in [6.45, 7) is 6.23. The Kier molecular flexibility index (Phi) is 6.64. The highest BCUT2D eigenvalue weighted by Crippen LogP contribution is 2.23. The van der Waals surface area contributed by atoms with E-state index in [1.807, 2.05) is 6.92 Å². The number of ether oxygens (including phenoxy) is 2. The van der Waals surface area contributed by atoms with Crippen molar-refractivity contribution in [3.63, 3.8) is 0 Å². The van der Waals surface area contributed by atoms with Gasteiger partial charge >= 0.3 is 5.97 Å². The van der Waals surface area contributed by atoms with Crippen LogP contribution in [0.4, 0.5) is 0 Å². The van der Waals surface area contributed by atoms with Crippen molar-refractivity contribution in [2.24, 2.45) is 5.92 Å². The second kappa shape index (κ2) is 8.71. The first kappa shape index (κ1) is 18.3. The molecule has 2 rings (SSSR count). The summed E-state index contributed by atoms with van der Waals surface area (Å²) in [6.07, 6.45) is 3.67. The SMILES string of the molecule is CCOc1ccc(C(=O)O[C@H](C)C(=O)N[C@@H]2CCCC[C@@H]2C)cc1. The maximum absolute atomic E-state index is 12.3. The molecular weight excluding hydrogens is 306 g/mol. The summed E-state index contributed by atoms with van der Waals surface area (Å²) in [6, 6.07) is 6.89. The molecule has 3 atom stereocenters. The van der Waals surface area contributed by atoms with E-state index in [0.717, 1.165) is 19.3 Å². The molecule has 0 heterocycles. The molecule has 132 valence electrons. The first-order valence-electron chi connectivity index (χ1n) is 8.75. The molecule has 1 saturated carbocycles. The molecule has 5 heteroatoms. The third-order valence-electron chi connectivity index (χ3n) is 4.49. The van der Waals surface area contributed by atoms with Gasteiger partial charge in [-0.1, -0.05) is 19.8 Å². The molecule has 1 aromatic rings. The lowest BCUT2D eigenvalue weighted by Crippen LogP contribution is -2.45. The Morgan fingerprint density at radius 3 is 2.50 bits per heavy atom. The molecule has 24 heavy (non-hydrogen) atoms. The number of amides is 1. The Bertz CT molecular complexity index is 555. The molecule has 0 spiro atoms. The highest BCUT2D eigenvalue weighted by Gasteiger charge is 2.26. The highest BCUT2D eigenvalue weighted by molar-refractivity contribution is 5.92. The van der Waals surface area contributed by atoms with E-state index in [1.54, 1.807) is 31.2 Å². The van der Waals surface area contributed by atoms with Gasteiger partial charge in [0.15, 0.2) is 6.10 Å². The minimum Gasteiger partial charge on any atom is -0.494 e. The fraction of sp³-hybridized carbons (Fsp3) is 0.579. The van der Waals surface area contributed by atoms with Gasteiger partial charge in [0.1, 0.15) is 5.75 Å². The molecule has 0 aliphatic heterocycles. The third kappa shape index (κ3) is 4.98. The van der Waals surface area contributed by atoms with E-state index < -0.39 is 12.1 Å². The van der Waals surface area contributed by atoms with Crippen molar-refractivity contribution in [3.8, 4) is 5.75 Å². The standard InChI is InChI=1S/C19H27NO4/c1-4-23-16-11-9-15(10-12-16)19(22)24-14(3)18(21)20-17-8-6-5-7-13(17)2/h9-14,17H,4-8H2,1-3H3,(H,20,21)/t13-,14+,17+/m0/s1. The van der Waals surface area contributed by atoms with Gasteiger partial charge in [-0.3, -0.25) is 4.79 Å². The first-order valence-corrected chi connectivity index (χ1v) is 8.75. The summed E-state index contributed by atoms with van der Waals surface area (Å²) in [5.41, 5.74) is 0.407. The maximum Gasteiger partial charge on any atom is 0.338 e. The van der Waals surface area contributed by atoms with Crippen LogP contribution in [-0.2, 0) is 9.53 Å². The first-order chi connectivity index (χ1) is 11.5. The Morgan fingerprint density at radius 2 is 1.88 bits per heavy atom. The van der Waals surface area contributed by atoms with Gasteiger partial charge in [0, 0.05) is 6.04 Å². The van der Waals surface area contributed by atoms with Crippen molar-refractivity contribution in [1.29, 1.82) is 0 Å². The zero-order valence-electron chi connectivity index (χ0n) is 14.7. The number of carbonyl (C=O) groups is 2. The van der Waals surface area contributed by atoms with Crippen LogP contribution in [0.3, 0.4) is 0 Å². The second-order valence-corrected chi connectivity index (χ2v) is 6.38. The van der Waals surface area contributed by atoms with Gasteiger partial charge in [0.05, 0.1) is 12.2 Å². The quantitative estimate of drug-likeness (QED) is 0.811. The van der Waals surface area contributed by atoms with Crippen LogP contribution in [0.15, 0.2) is 24.3 Å². The van der Waals surface area contributed by atoms with Crippen molar-refractivity contribution >= 4 is 11.9 Å². The number of rotatable bonds is 6. The van der Waals surface area contributed by atoms with Crippen LogP contribution in [-0.4, -0.2) is 30.6 Å². The molecule has 1 aliphatic carbocycles. The molecule has 1 fully saturated rings. The summed E-state index contributed by atoms with van der Waals surface area (Å²) in [5, 5.41) is 3.01.